The number of anilines is 2. The van der Waals surface area contributed by atoms with Crippen LogP contribution >= 0.6 is 0 Å². The second-order valence-corrected chi connectivity index (χ2v) is 5.19. The molecule has 0 aromatic carbocycles. The van der Waals surface area contributed by atoms with Crippen LogP contribution in [0.2, 0.25) is 0 Å². The van der Waals surface area contributed by atoms with Crippen LogP contribution in [0.25, 0.3) is 0 Å². The second kappa shape index (κ2) is 4.72. The van der Waals surface area contributed by atoms with E-state index in [1.807, 2.05) is 13.0 Å². The zero-order valence-electron chi connectivity index (χ0n) is 10.8. The molecule has 1 aliphatic heterocycles. The van der Waals surface area contributed by atoms with Gasteiger partial charge >= 0.3 is 0 Å². The molecule has 5 nitrogen and oxygen atoms in total. The Morgan fingerprint density at radius 1 is 1.44 bits per heavy atom. The quantitative estimate of drug-likeness (QED) is 0.876. The number of rotatable bonds is 4. The second-order valence-electron chi connectivity index (χ2n) is 5.19. The molecule has 0 spiro atoms. The lowest BCUT2D eigenvalue weighted by molar-refractivity contribution is 0.128. The number of nitrogen functional groups attached to an aromatic ring is 1. The molecule has 0 amide bonds. The van der Waals surface area contributed by atoms with Crippen LogP contribution in [0.4, 0.5) is 11.6 Å². The molecule has 1 saturated heterocycles. The van der Waals surface area contributed by atoms with Crippen molar-refractivity contribution in [2.45, 2.75) is 38.8 Å². The van der Waals surface area contributed by atoms with Gasteiger partial charge in [-0.25, -0.2) is 9.97 Å². The fourth-order valence-corrected chi connectivity index (χ4v) is 3.11. The van der Waals surface area contributed by atoms with E-state index < -0.39 is 0 Å². The Balaban J connectivity index is 1.81. The van der Waals surface area contributed by atoms with Crippen molar-refractivity contribution in [2.75, 3.05) is 23.8 Å². The lowest BCUT2D eigenvalue weighted by Crippen LogP contribution is -2.33. The molecule has 18 heavy (non-hydrogen) atoms. The first-order chi connectivity index (χ1) is 8.76. The van der Waals surface area contributed by atoms with Gasteiger partial charge in [-0.05, 0) is 32.1 Å². The third-order valence-corrected chi connectivity index (χ3v) is 3.92. The van der Waals surface area contributed by atoms with Gasteiger partial charge in [-0.2, -0.15) is 0 Å². The first-order valence-corrected chi connectivity index (χ1v) is 6.74. The highest BCUT2D eigenvalue weighted by molar-refractivity contribution is 5.49. The van der Waals surface area contributed by atoms with Crippen molar-refractivity contribution in [1.29, 1.82) is 0 Å². The van der Waals surface area contributed by atoms with E-state index in [-0.39, 0.29) is 0 Å². The number of aromatic nitrogens is 2. The number of nitrogens with zero attached hydrogens (tertiary/aromatic N) is 3. The summed E-state index contributed by atoms with van der Waals surface area (Å²) >= 11 is 0. The maximum Gasteiger partial charge on any atom is 0.158 e. The molecule has 2 fully saturated rings. The molecular formula is C13H20N4O. The average Bonchev–Trinajstić information content (AvgIpc) is 2.98. The zero-order valence-corrected chi connectivity index (χ0v) is 10.8. The van der Waals surface area contributed by atoms with Crippen molar-refractivity contribution in [3.05, 3.63) is 11.9 Å². The lowest BCUT2D eigenvalue weighted by atomic mass is 10.1. The number of hydrogen-bond donors (Lipinski definition) is 1. The Kier molecular flexibility index (Phi) is 3.07. The molecule has 1 aliphatic carbocycles. The fourth-order valence-electron chi connectivity index (χ4n) is 3.11. The summed E-state index contributed by atoms with van der Waals surface area (Å²) in [5, 5.41) is 0. The van der Waals surface area contributed by atoms with Crippen LogP contribution < -0.4 is 10.6 Å². The van der Waals surface area contributed by atoms with Crippen molar-refractivity contribution in [2.24, 2.45) is 5.92 Å². The maximum atomic E-state index is 5.86. The van der Waals surface area contributed by atoms with Crippen LogP contribution in [-0.4, -0.2) is 29.2 Å². The van der Waals surface area contributed by atoms with Crippen molar-refractivity contribution in [3.8, 4) is 0 Å². The van der Waals surface area contributed by atoms with Gasteiger partial charge in [0.05, 0.1) is 0 Å². The summed E-state index contributed by atoms with van der Waals surface area (Å²) in [6.07, 6.45) is 3.97. The number of hydrogen-bond acceptors (Lipinski definition) is 5. The number of nitrogens with two attached hydrogens (primary N) is 1. The van der Waals surface area contributed by atoms with Crippen LogP contribution in [-0.2, 0) is 11.3 Å². The normalized spacial score (nSPS) is 25.9. The van der Waals surface area contributed by atoms with Crippen molar-refractivity contribution in [3.63, 3.8) is 0 Å². The molecule has 3 rings (SSSR count). The van der Waals surface area contributed by atoms with E-state index in [1.54, 1.807) is 0 Å². The minimum Gasteiger partial charge on any atom is -0.384 e. The Labute approximate surface area is 107 Å². The molecule has 2 heterocycles. The molecule has 2 aliphatic rings. The molecule has 0 radical (unpaired) electrons. The topological polar surface area (TPSA) is 64.3 Å². The summed E-state index contributed by atoms with van der Waals surface area (Å²) in [7, 11) is 0. The van der Waals surface area contributed by atoms with Gasteiger partial charge in [-0.15, -0.1) is 0 Å². The monoisotopic (exact) mass is 248 g/mol. The maximum absolute atomic E-state index is 5.86. The Morgan fingerprint density at radius 2 is 2.33 bits per heavy atom. The van der Waals surface area contributed by atoms with Gasteiger partial charge in [0.2, 0.25) is 0 Å². The highest BCUT2D eigenvalue weighted by atomic mass is 16.5. The average molecular weight is 248 g/mol. The van der Waals surface area contributed by atoms with E-state index in [0.717, 1.165) is 18.3 Å². The van der Waals surface area contributed by atoms with Crippen LogP contribution in [0.5, 0.6) is 0 Å². The predicted molar refractivity (Wildman–Crippen MR) is 70.2 cm³/mol. The molecule has 2 bridgehead atoms. The summed E-state index contributed by atoms with van der Waals surface area (Å²) < 4.78 is 5.36. The Bertz CT molecular complexity index is 437. The van der Waals surface area contributed by atoms with Crippen LogP contribution in [0, 0.1) is 5.92 Å². The standard InChI is InChI=1S/C13H20N4O/c1-2-18-8-12-15-11(14)6-13(16-12)17-7-9-3-4-10(17)5-9/h6,9-10H,2-5,7-8H2,1H3,(H2,14,15,16). The van der Waals surface area contributed by atoms with Gasteiger partial charge in [-0.1, -0.05) is 0 Å². The molecule has 5 heteroatoms. The van der Waals surface area contributed by atoms with Gasteiger partial charge in [0.1, 0.15) is 18.2 Å². The molecule has 2 N–H and O–H groups in total. The first-order valence-electron chi connectivity index (χ1n) is 6.74. The molecule has 1 aromatic heterocycles. The van der Waals surface area contributed by atoms with Crippen molar-refractivity contribution in [1.82, 2.24) is 9.97 Å². The third kappa shape index (κ3) is 2.14. The van der Waals surface area contributed by atoms with E-state index in [1.165, 1.54) is 19.3 Å². The van der Waals surface area contributed by atoms with Gasteiger partial charge in [0, 0.05) is 25.3 Å². The van der Waals surface area contributed by atoms with Crippen molar-refractivity contribution < 1.29 is 4.74 Å². The fraction of sp³-hybridized carbons (Fsp3) is 0.692. The smallest absolute Gasteiger partial charge is 0.158 e. The minimum atomic E-state index is 0.441. The SMILES string of the molecule is CCOCc1nc(N)cc(N2CC3CCC2C3)n1. The number of piperidine rings is 1. The third-order valence-electron chi connectivity index (χ3n) is 3.92. The van der Waals surface area contributed by atoms with Gasteiger partial charge < -0.3 is 15.4 Å². The summed E-state index contributed by atoms with van der Waals surface area (Å²) in [5.74, 6) is 3.05. The summed E-state index contributed by atoms with van der Waals surface area (Å²) in [6.45, 7) is 4.19. The minimum absolute atomic E-state index is 0.441. The Morgan fingerprint density at radius 3 is 3.00 bits per heavy atom. The highest BCUT2D eigenvalue weighted by Crippen LogP contribution is 2.39. The largest absolute Gasteiger partial charge is 0.384 e. The number of fused-ring (bicyclic) bond motifs is 2. The van der Waals surface area contributed by atoms with E-state index >= 15 is 0 Å². The predicted octanol–water partition coefficient (Wildman–Crippen LogP) is 1.58. The molecule has 2 atom stereocenters. The highest BCUT2D eigenvalue weighted by Gasteiger charge is 2.38. The summed E-state index contributed by atoms with van der Waals surface area (Å²) in [6, 6.07) is 2.54. The van der Waals surface area contributed by atoms with Crippen LogP contribution in [0.15, 0.2) is 6.07 Å². The first kappa shape index (κ1) is 11.7. The Hall–Kier alpha value is -1.36. The molecule has 2 unspecified atom stereocenters. The van der Waals surface area contributed by atoms with E-state index in [9.17, 15) is 0 Å². The summed E-state index contributed by atoms with van der Waals surface area (Å²) in [5.41, 5.74) is 5.86. The lowest BCUT2D eigenvalue weighted by Gasteiger charge is -2.28. The van der Waals surface area contributed by atoms with Crippen molar-refractivity contribution >= 4 is 11.6 Å². The molecule has 1 aromatic rings. The van der Waals surface area contributed by atoms with Crippen LogP contribution in [0.3, 0.4) is 0 Å². The number of ether oxygens (including phenoxy) is 1. The van der Waals surface area contributed by atoms with Gasteiger partial charge in [0.15, 0.2) is 5.82 Å². The van der Waals surface area contributed by atoms with Gasteiger partial charge in [-0.3, -0.25) is 0 Å². The molecular weight excluding hydrogens is 228 g/mol. The van der Waals surface area contributed by atoms with E-state index in [4.69, 9.17) is 10.5 Å². The van der Waals surface area contributed by atoms with Gasteiger partial charge in [0.25, 0.3) is 0 Å². The molecule has 1 saturated carbocycles. The zero-order chi connectivity index (χ0) is 12.5. The van der Waals surface area contributed by atoms with Crippen LogP contribution in [0.1, 0.15) is 32.0 Å². The van der Waals surface area contributed by atoms with E-state index in [2.05, 4.69) is 14.9 Å². The molecule has 98 valence electrons. The summed E-state index contributed by atoms with van der Waals surface area (Å²) in [4.78, 5) is 11.2. The van der Waals surface area contributed by atoms with E-state index in [0.29, 0.717) is 30.9 Å².